The van der Waals surface area contributed by atoms with Crippen LogP contribution in [0.5, 0.6) is 0 Å². The normalized spacial score (nSPS) is 17.4. The molecule has 0 heterocycles. The maximum absolute atomic E-state index is 3.52. The van der Waals surface area contributed by atoms with Crippen LogP contribution in [0.3, 0.4) is 0 Å². The van der Waals surface area contributed by atoms with Crippen molar-refractivity contribution in [1.29, 1.82) is 0 Å². The van der Waals surface area contributed by atoms with Gasteiger partial charge >= 0.3 is 26.2 Å². The molecule has 0 amide bonds. The van der Waals surface area contributed by atoms with Crippen molar-refractivity contribution in [2.75, 3.05) is 0 Å². The van der Waals surface area contributed by atoms with Gasteiger partial charge in [-0.05, 0) is 0 Å². The maximum atomic E-state index is 3.52. The Morgan fingerprint density at radius 1 is 1.20 bits per heavy atom. The van der Waals surface area contributed by atoms with Gasteiger partial charge in [0.2, 0.25) is 0 Å². The van der Waals surface area contributed by atoms with Crippen molar-refractivity contribution >= 4 is 24.8 Å². The third kappa shape index (κ3) is 7.44. The van der Waals surface area contributed by atoms with E-state index in [1.54, 1.807) is 5.57 Å². The molecule has 0 spiro atoms. The summed E-state index contributed by atoms with van der Waals surface area (Å²) in [6, 6.07) is 0. The Kier molecular flexibility index (Phi) is 15.2. The molecule has 0 aromatic heterocycles. The Bertz CT molecular complexity index is 378. The average molecular weight is 393 g/mol. The van der Waals surface area contributed by atoms with Crippen molar-refractivity contribution in [1.82, 2.24) is 0 Å². The number of rotatable bonds is 2. The van der Waals surface area contributed by atoms with Crippen LogP contribution in [0.25, 0.3) is 0 Å². The van der Waals surface area contributed by atoms with Gasteiger partial charge in [0, 0.05) is 0 Å². The van der Waals surface area contributed by atoms with Crippen LogP contribution in [-0.2, 0) is 26.2 Å². The quantitative estimate of drug-likeness (QED) is 0.503. The molecule has 0 fully saturated rings. The molecule has 3 heteroatoms. The van der Waals surface area contributed by atoms with Gasteiger partial charge in [-0.25, -0.2) is 17.7 Å². The second-order valence-corrected chi connectivity index (χ2v) is 5.23. The molecule has 112 valence electrons. The van der Waals surface area contributed by atoms with E-state index in [1.165, 1.54) is 24.0 Å². The van der Waals surface area contributed by atoms with Crippen molar-refractivity contribution in [3.63, 3.8) is 0 Å². The van der Waals surface area contributed by atoms with Crippen LogP contribution in [0, 0.1) is 17.6 Å². The minimum Gasteiger partial charge on any atom is -0.273 e. The van der Waals surface area contributed by atoms with Crippen LogP contribution in [0.15, 0.2) is 34.9 Å². The van der Waals surface area contributed by atoms with Gasteiger partial charge in [0.15, 0.2) is 0 Å². The van der Waals surface area contributed by atoms with E-state index in [1.807, 2.05) is 12.2 Å². The maximum Gasteiger partial charge on any atom is 2.00 e. The van der Waals surface area contributed by atoms with Gasteiger partial charge in [0.05, 0.1) is 0 Å². The predicted octanol–water partition coefficient (Wildman–Crippen LogP) is 6.04. The Labute approximate surface area is 156 Å². The molecule has 0 bridgehead atoms. The number of hydrogen-bond acceptors (Lipinski definition) is 0. The second kappa shape index (κ2) is 12.0. The fourth-order valence-electron chi connectivity index (χ4n) is 2.26. The number of halogens is 2. The van der Waals surface area contributed by atoms with Crippen LogP contribution >= 0.6 is 24.8 Å². The summed E-state index contributed by atoms with van der Waals surface area (Å²) in [5.41, 5.74) is 4.62. The van der Waals surface area contributed by atoms with Gasteiger partial charge in [-0.1, -0.05) is 52.9 Å². The summed E-state index contributed by atoms with van der Waals surface area (Å²) in [5.74, 6) is 0. The van der Waals surface area contributed by atoms with Crippen LogP contribution in [0.4, 0.5) is 0 Å². The SMILES string of the molecule is CCCC1=C(C)C(C)(C)[C-]=C1C.Cl.Cl.[C-]1=CC=CC1.[Zr+2]. The third-order valence-corrected chi connectivity index (χ3v) is 3.43. The zero-order valence-electron chi connectivity index (χ0n) is 13.2. The molecule has 0 nitrogen and oxygen atoms in total. The largest absolute Gasteiger partial charge is 2.00 e. The van der Waals surface area contributed by atoms with Crippen molar-refractivity contribution in [2.45, 2.75) is 53.9 Å². The van der Waals surface area contributed by atoms with Gasteiger partial charge < -0.3 is 0 Å². The molecular weight excluding hydrogens is 366 g/mol. The van der Waals surface area contributed by atoms with E-state index in [-0.39, 0.29) is 56.4 Å². The number of allylic oxidation sites excluding steroid dienone is 8. The zero-order chi connectivity index (χ0) is 12.9. The van der Waals surface area contributed by atoms with Gasteiger partial charge in [-0.3, -0.25) is 12.2 Å². The van der Waals surface area contributed by atoms with Gasteiger partial charge in [-0.2, -0.15) is 17.2 Å². The standard InChI is InChI=1S/C12H19.C5H5.2ClH.Zr/c1-6-7-11-9(2)8-12(4,5)10(11)3;1-2-4-5-3-1;;;/h6-7H2,1-5H3;1-3H,4H2;2*1H;/q2*-1;;;+2. The van der Waals surface area contributed by atoms with E-state index in [0.29, 0.717) is 0 Å². The van der Waals surface area contributed by atoms with Crippen molar-refractivity contribution in [3.8, 4) is 0 Å². The molecule has 0 aliphatic heterocycles. The van der Waals surface area contributed by atoms with Crippen LogP contribution in [0.2, 0.25) is 0 Å². The molecule has 0 unspecified atom stereocenters. The fourth-order valence-corrected chi connectivity index (χ4v) is 2.26. The third-order valence-electron chi connectivity index (χ3n) is 3.43. The summed E-state index contributed by atoms with van der Waals surface area (Å²) in [7, 11) is 0. The molecular formula is C17H26Cl2Zr. The Morgan fingerprint density at radius 2 is 1.80 bits per heavy atom. The smallest absolute Gasteiger partial charge is 0.273 e. The first-order valence-electron chi connectivity index (χ1n) is 6.53. The zero-order valence-corrected chi connectivity index (χ0v) is 17.3. The van der Waals surface area contributed by atoms with E-state index in [9.17, 15) is 0 Å². The summed E-state index contributed by atoms with van der Waals surface area (Å²) in [6.07, 6.45) is 16.0. The molecule has 0 radical (unpaired) electrons. The van der Waals surface area contributed by atoms with E-state index >= 15 is 0 Å². The summed E-state index contributed by atoms with van der Waals surface area (Å²) >= 11 is 0. The molecule has 0 saturated carbocycles. The first-order chi connectivity index (χ1) is 7.99. The molecule has 2 rings (SSSR count). The summed E-state index contributed by atoms with van der Waals surface area (Å²) in [5, 5.41) is 0. The molecule has 0 atom stereocenters. The van der Waals surface area contributed by atoms with E-state index in [2.05, 4.69) is 52.8 Å². The van der Waals surface area contributed by atoms with Gasteiger partial charge in [-0.15, -0.1) is 31.2 Å². The van der Waals surface area contributed by atoms with Crippen molar-refractivity contribution < 1.29 is 26.2 Å². The number of hydrogen-bond donors (Lipinski definition) is 0. The van der Waals surface area contributed by atoms with E-state index in [4.69, 9.17) is 0 Å². The minimum absolute atomic E-state index is 0. The Hall–Kier alpha value is 0.423. The first kappa shape index (κ1) is 25.4. The van der Waals surface area contributed by atoms with Crippen LogP contribution < -0.4 is 0 Å². The Morgan fingerprint density at radius 3 is 2.05 bits per heavy atom. The molecule has 0 N–H and O–H groups in total. The first-order valence-corrected chi connectivity index (χ1v) is 6.53. The Balaban J connectivity index is -0.000000312. The summed E-state index contributed by atoms with van der Waals surface area (Å²) in [4.78, 5) is 0. The van der Waals surface area contributed by atoms with Crippen LogP contribution in [-0.4, -0.2) is 0 Å². The molecule has 2 aliphatic carbocycles. The molecule has 0 aromatic carbocycles. The average Bonchev–Trinajstić information content (AvgIpc) is 2.86. The second-order valence-electron chi connectivity index (χ2n) is 5.23. The van der Waals surface area contributed by atoms with E-state index < -0.39 is 0 Å². The van der Waals surface area contributed by atoms with Crippen LogP contribution in [0.1, 0.15) is 53.9 Å². The van der Waals surface area contributed by atoms with Gasteiger partial charge in [0.25, 0.3) is 0 Å². The summed E-state index contributed by atoms with van der Waals surface area (Å²) in [6.45, 7) is 11.2. The molecule has 2 aliphatic rings. The molecule has 0 saturated heterocycles. The molecule has 0 aromatic rings. The summed E-state index contributed by atoms with van der Waals surface area (Å²) < 4.78 is 0. The predicted molar refractivity (Wildman–Crippen MR) is 89.9 cm³/mol. The monoisotopic (exact) mass is 390 g/mol. The van der Waals surface area contributed by atoms with E-state index in [0.717, 1.165) is 6.42 Å². The van der Waals surface area contributed by atoms with Gasteiger partial charge in [0.1, 0.15) is 0 Å². The molecule has 20 heavy (non-hydrogen) atoms. The minimum atomic E-state index is 0. The van der Waals surface area contributed by atoms with Crippen molar-refractivity contribution in [2.24, 2.45) is 5.41 Å². The fraction of sp³-hybridized carbons (Fsp3) is 0.529. The topological polar surface area (TPSA) is 0 Å². The van der Waals surface area contributed by atoms with Crippen molar-refractivity contribution in [3.05, 3.63) is 47.1 Å².